The summed E-state index contributed by atoms with van der Waals surface area (Å²) in [6, 6.07) is 17.0. The minimum Gasteiger partial charge on any atom is -0.388 e. The largest absolute Gasteiger partial charge is 0.388 e. The SMILES string of the molecule is C=c1ccnc/c1=C(/C=C(\C)c1ccc(-c2ccc(CCC)cc2)cc1NC)C(C)=O. The molecule has 3 aromatic rings. The number of ketones is 1. The van der Waals surface area contributed by atoms with Crippen LogP contribution in [-0.2, 0) is 11.2 Å². The number of aromatic nitrogens is 1. The van der Waals surface area contributed by atoms with Crippen LogP contribution in [0.1, 0.15) is 38.3 Å². The van der Waals surface area contributed by atoms with Crippen molar-refractivity contribution in [2.45, 2.75) is 33.6 Å². The molecule has 0 atom stereocenters. The van der Waals surface area contributed by atoms with Crippen LogP contribution in [-0.4, -0.2) is 17.8 Å². The molecule has 0 spiro atoms. The fraction of sp³-hybridized carbons (Fsp3) is 0.214. The molecule has 2 aromatic carbocycles. The van der Waals surface area contributed by atoms with Crippen molar-refractivity contribution in [3.63, 3.8) is 0 Å². The first-order valence-corrected chi connectivity index (χ1v) is 10.7. The van der Waals surface area contributed by atoms with E-state index in [-0.39, 0.29) is 5.78 Å². The summed E-state index contributed by atoms with van der Waals surface area (Å²) in [7, 11) is 1.92. The lowest BCUT2D eigenvalue weighted by molar-refractivity contribution is -0.111. The van der Waals surface area contributed by atoms with E-state index >= 15 is 0 Å². The predicted octanol–water partition coefficient (Wildman–Crippen LogP) is 5.00. The van der Waals surface area contributed by atoms with Crippen LogP contribution >= 0.6 is 0 Å². The third-order valence-corrected chi connectivity index (χ3v) is 5.48. The number of rotatable bonds is 7. The molecule has 0 unspecified atom stereocenters. The molecule has 1 N–H and O–H groups in total. The van der Waals surface area contributed by atoms with E-state index in [9.17, 15) is 4.79 Å². The third kappa shape index (κ3) is 5.18. The van der Waals surface area contributed by atoms with Gasteiger partial charge in [0.15, 0.2) is 5.78 Å². The van der Waals surface area contributed by atoms with Crippen molar-refractivity contribution in [3.05, 3.63) is 88.6 Å². The number of hydrogen-bond acceptors (Lipinski definition) is 3. The van der Waals surface area contributed by atoms with Crippen molar-refractivity contribution >= 4 is 29.2 Å². The Morgan fingerprint density at radius 3 is 2.39 bits per heavy atom. The topological polar surface area (TPSA) is 42.0 Å². The average molecular weight is 411 g/mol. The van der Waals surface area contributed by atoms with Crippen molar-refractivity contribution in [2.75, 3.05) is 12.4 Å². The summed E-state index contributed by atoms with van der Waals surface area (Å²) in [6.07, 6.45) is 7.58. The van der Waals surface area contributed by atoms with E-state index in [0.29, 0.717) is 5.57 Å². The molecule has 1 aromatic heterocycles. The second kappa shape index (κ2) is 10.0. The Kier molecular flexibility index (Phi) is 7.19. The Labute approximate surface area is 184 Å². The lowest BCUT2D eigenvalue weighted by Gasteiger charge is -2.13. The number of pyridine rings is 1. The van der Waals surface area contributed by atoms with E-state index in [2.05, 4.69) is 66.3 Å². The summed E-state index contributed by atoms with van der Waals surface area (Å²) in [5.41, 5.74) is 7.42. The van der Waals surface area contributed by atoms with E-state index in [1.54, 1.807) is 19.3 Å². The number of nitrogens with zero attached hydrogens (tertiary/aromatic N) is 1. The van der Waals surface area contributed by atoms with E-state index in [1.807, 2.05) is 26.1 Å². The summed E-state index contributed by atoms with van der Waals surface area (Å²) < 4.78 is 0. The highest BCUT2D eigenvalue weighted by Gasteiger charge is 2.09. The van der Waals surface area contributed by atoms with Crippen LogP contribution < -0.4 is 15.8 Å². The van der Waals surface area contributed by atoms with Gasteiger partial charge >= 0.3 is 0 Å². The highest BCUT2D eigenvalue weighted by atomic mass is 16.1. The number of Topliss-reactive ketones (excluding diaryl/α,β-unsaturated/α-hetero) is 1. The highest BCUT2D eigenvalue weighted by Crippen LogP contribution is 2.30. The normalized spacial score (nSPS) is 12.5. The number of anilines is 1. The molecule has 0 aliphatic heterocycles. The van der Waals surface area contributed by atoms with Gasteiger partial charge in [0.05, 0.1) is 0 Å². The van der Waals surface area contributed by atoms with E-state index < -0.39 is 0 Å². The Morgan fingerprint density at radius 2 is 1.77 bits per heavy atom. The van der Waals surface area contributed by atoms with Crippen LogP contribution in [0, 0.1) is 0 Å². The molecule has 0 bridgehead atoms. The Balaban J connectivity index is 2.04. The lowest BCUT2D eigenvalue weighted by Crippen LogP contribution is -2.27. The fourth-order valence-corrected chi connectivity index (χ4v) is 3.76. The first kappa shape index (κ1) is 22.2. The molecular formula is C28H30N2O. The number of allylic oxidation sites excluding steroid dienone is 2. The van der Waals surface area contributed by atoms with Crippen LogP contribution in [0.3, 0.4) is 0 Å². The molecule has 0 saturated heterocycles. The van der Waals surface area contributed by atoms with Gasteiger partial charge in [0.1, 0.15) is 0 Å². The second-order valence-corrected chi connectivity index (χ2v) is 7.79. The minimum atomic E-state index is -0.00736. The maximum absolute atomic E-state index is 12.4. The molecule has 0 saturated carbocycles. The molecule has 0 radical (unpaired) electrons. The lowest BCUT2D eigenvalue weighted by atomic mass is 9.96. The van der Waals surface area contributed by atoms with Gasteiger partial charge in [-0.25, -0.2) is 0 Å². The molecule has 0 aliphatic rings. The first-order chi connectivity index (χ1) is 14.9. The fourth-order valence-electron chi connectivity index (χ4n) is 3.76. The number of aryl methyl sites for hydroxylation is 1. The van der Waals surface area contributed by atoms with Gasteiger partial charge in [0.2, 0.25) is 0 Å². The second-order valence-electron chi connectivity index (χ2n) is 7.79. The number of carbonyl (C=O) groups is 1. The molecule has 3 heteroatoms. The van der Waals surface area contributed by atoms with Crippen LogP contribution in [0.4, 0.5) is 5.69 Å². The molecule has 3 rings (SSSR count). The maximum Gasteiger partial charge on any atom is 0.160 e. The molecular weight excluding hydrogens is 380 g/mol. The van der Waals surface area contributed by atoms with Gasteiger partial charge in [-0.1, -0.05) is 56.3 Å². The van der Waals surface area contributed by atoms with Gasteiger partial charge in [0, 0.05) is 41.5 Å². The molecule has 0 fully saturated rings. The maximum atomic E-state index is 12.4. The number of benzene rings is 2. The van der Waals surface area contributed by atoms with Crippen molar-refractivity contribution < 1.29 is 4.79 Å². The Morgan fingerprint density at radius 1 is 1.06 bits per heavy atom. The average Bonchev–Trinajstić information content (AvgIpc) is 2.78. The Hall–Kier alpha value is -3.46. The Bertz CT molecular complexity index is 1220. The standard InChI is InChI=1S/C28H30N2O/c1-6-7-22-8-10-23(11-9-22)24-12-13-25(28(17-24)29-5)20(3)16-26(21(4)31)27-18-30-15-14-19(27)2/h8-18,29H,2,6-7H2,1,3-5H3/b20-16+,27-26+. The van der Waals surface area contributed by atoms with Crippen molar-refractivity contribution in [3.8, 4) is 11.1 Å². The summed E-state index contributed by atoms with van der Waals surface area (Å²) in [4.78, 5) is 16.5. The molecule has 158 valence electrons. The predicted molar refractivity (Wildman–Crippen MR) is 132 cm³/mol. The zero-order chi connectivity index (χ0) is 22.4. The van der Waals surface area contributed by atoms with E-state index in [4.69, 9.17) is 0 Å². The highest BCUT2D eigenvalue weighted by molar-refractivity contribution is 6.18. The van der Waals surface area contributed by atoms with Gasteiger partial charge < -0.3 is 5.32 Å². The molecule has 0 aliphatic carbocycles. The van der Waals surface area contributed by atoms with Crippen LogP contribution in [0.2, 0.25) is 0 Å². The number of nitrogens with one attached hydrogen (secondary N) is 1. The van der Waals surface area contributed by atoms with Gasteiger partial charge in [0.25, 0.3) is 0 Å². The zero-order valence-electron chi connectivity index (χ0n) is 18.8. The van der Waals surface area contributed by atoms with Crippen LogP contribution in [0.15, 0.2) is 67.0 Å². The molecule has 3 nitrogen and oxygen atoms in total. The van der Waals surface area contributed by atoms with Crippen LogP contribution in [0.5, 0.6) is 0 Å². The smallest absolute Gasteiger partial charge is 0.160 e. The third-order valence-electron chi connectivity index (χ3n) is 5.48. The van der Waals surface area contributed by atoms with Gasteiger partial charge in [-0.2, -0.15) is 0 Å². The van der Waals surface area contributed by atoms with Crippen molar-refractivity contribution in [1.82, 2.24) is 4.98 Å². The molecule has 1 heterocycles. The minimum absolute atomic E-state index is 0.00736. The first-order valence-electron chi connectivity index (χ1n) is 10.7. The molecule has 31 heavy (non-hydrogen) atoms. The van der Waals surface area contributed by atoms with Crippen LogP contribution in [0.25, 0.3) is 28.9 Å². The quantitative estimate of drug-likeness (QED) is 0.596. The van der Waals surface area contributed by atoms with E-state index in [0.717, 1.165) is 45.7 Å². The number of hydrogen-bond donors (Lipinski definition) is 1. The summed E-state index contributed by atoms with van der Waals surface area (Å²) in [5.74, 6) is -0.00736. The summed E-state index contributed by atoms with van der Waals surface area (Å²) >= 11 is 0. The van der Waals surface area contributed by atoms with Gasteiger partial charge in [-0.3, -0.25) is 9.78 Å². The van der Waals surface area contributed by atoms with Gasteiger partial charge in [-0.15, -0.1) is 0 Å². The van der Waals surface area contributed by atoms with Gasteiger partial charge in [-0.05, 0) is 66.0 Å². The summed E-state index contributed by atoms with van der Waals surface area (Å²) in [5, 5.41) is 4.87. The zero-order valence-corrected chi connectivity index (χ0v) is 18.8. The van der Waals surface area contributed by atoms with E-state index in [1.165, 1.54) is 11.1 Å². The number of carbonyl (C=O) groups excluding carboxylic acids is 1. The van der Waals surface area contributed by atoms with Crippen molar-refractivity contribution in [1.29, 1.82) is 0 Å². The van der Waals surface area contributed by atoms with Crippen molar-refractivity contribution in [2.24, 2.45) is 0 Å². The molecule has 0 amide bonds. The summed E-state index contributed by atoms with van der Waals surface area (Å²) in [6.45, 7) is 9.85. The monoisotopic (exact) mass is 410 g/mol.